The highest BCUT2D eigenvalue weighted by Gasteiger charge is 2.34. The van der Waals surface area contributed by atoms with E-state index in [0.29, 0.717) is 21.7 Å². The summed E-state index contributed by atoms with van der Waals surface area (Å²) in [5.74, 6) is 0.801. The van der Waals surface area contributed by atoms with Gasteiger partial charge in [-0.2, -0.15) is 0 Å². The van der Waals surface area contributed by atoms with Crippen LogP contribution in [0.2, 0.25) is 0 Å². The summed E-state index contributed by atoms with van der Waals surface area (Å²) in [7, 11) is 0. The fraction of sp³-hybridized carbons (Fsp3) is 1.00. The molecule has 0 aliphatic heterocycles. The van der Waals surface area contributed by atoms with E-state index in [1.165, 1.54) is 44.9 Å². The summed E-state index contributed by atoms with van der Waals surface area (Å²) in [5, 5.41) is 0. The molecule has 0 amide bonds. The van der Waals surface area contributed by atoms with Gasteiger partial charge in [-0.05, 0) is 72.5 Å². The standard InChI is InChI=1S/C23H48/c1-19(2)18-23(15-12-20(3,4)5,16-13-21(6,7)8)17-14-22(9,10)11/h19H,12-18H2,1-11H3. The van der Waals surface area contributed by atoms with Crippen LogP contribution >= 0.6 is 0 Å². The van der Waals surface area contributed by atoms with Crippen molar-refractivity contribution >= 4 is 0 Å². The molecule has 0 aromatic rings. The van der Waals surface area contributed by atoms with E-state index in [1.807, 2.05) is 0 Å². The maximum atomic E-state index is 2.42. The molecule has 140 valence electrons. The molecule has 0 bridgehead atoms. The van der Waals surface area contributed by atoms with Crippen LogP contribution in [0.5, 0.6) is 0 Å². The molecule has 23 heavy (non-hydrogen) atoms. The third kappa shape index (κ3) is 13.0. The van der Waals surface area contributed by atoms with Gasteiger partial charge in [-0.3, -0.25) is 0 Å². The molecule has 0 fully saturated rings. The van der Waals surface area contributed by atoms with Crippen LogP contribution < -0.4 is 0 Å². The van der Waals surface area contributed by atoms with Crippen LogP contribution in [0.25, 0.3) is 0 Å². The Bertz CT molecular complexity index is 268. The Labute approximate surface area is 149 Å². The van der Waals surface area contributed by atoms with Gasteiger partial charge in [-0.15, -0.1) is 0 Å². The molecule has 0 unspecified atom stereocenters. The van der Waals surface area contributed by atoms with Crippen LogP contribution in [0.1, 0.15) is 121 Å². The minimum absolute atomic E-state index is 0.450. The third-order valence-corrected chi connectivity index (χ3v) is 5.06. The highest BCUT2D eigenvalue weighted by molar-refractivity contribution is 4.85. The quantitative estimate of drug-likeness (QED) is 0.420. The van der Waals surface area contributed by atoms with Crippen LogP contribution in [0.4, 0.5) is 0 Å². The topological polar surface area (TPSA) is 0 Å². The smallest absolute Gasteiger partial charge is 0.0294 e. The molecule has 0 saturated carbocycles. The Balaban J connectivity index is 5.25. The maximum Gasteiger partial charge on any atom is -0.0294 e. The average molecular weight is 325 g/mol. The number of rotatable bonds is 8. The fourth-order valence-corrected chi connectivity index (χ4v) is 3.47. The van der Waals surface area contributed by atoms with E-state index in [4.69, 9.17) is 0 Å². The van der Waals surface area contributed by atoms with Gasteiger partial charge in [0.1, 0.15) is 0 Å². The van der Waals surface area contributed by atoms with Crippen molar-refractivity contribution in [2.45, 2.75) is 121 Å². The minimum atomic E-state index is 0.450. The van der Waals surface area contributed by atoms with Crippen molar-refractivity contribution in [3.8, 4) is 0 Å². The van der Waals surface area contributed by atoms with Gasteiger partial charge >= 0.3 is 0 Å². The first-order valence-corrected chi connectivity index (χ1v) is 10.0. The van der Waals surface area contributed by atoms with E-state index in [2.05, 4.69) is 76.2 Å². The zero-order chi connectivity index (χ0) is 18.5. The van der Waals surface area contributed by atoms with Crippen LogP contribution in [-0.2, 0) is 0 Å². The fourth-order valence-electron chi connectivity index (χ4n) is 3.47. The van der Waals surface area contributed by atoms with Crippen molar-refractivity contribution in [2.75, 3.05) is 0 Å². The largest absolute Gasteiger partial charge is 0.0628 e. The molecule has 0 spiro atoms. The lowest BCUT2D eigenvalue weighted by Crippen LogP contribution is -2.28. The first-order valence-electron chi connectivity index (χ1n) is 10.0. The normalized spacial score (nSPS) is 14.6. The van der Waals surface area contributed by atoms with Gasteiger partial charge in [0, 0.05) is 0 Å². The van der Waals surface area contributed by atoms with E-state index in [0.717, 1.165) is 5.92 Å². The van der Waals surface area contributed by atoms with E-state index in [9.17, 15) is 0 Å². The molecule has 0 radical (unpaired) electrons. The Morgan fingerprint density at radius 1 is 0.478 bits per heavy atom. The molecule has 0 aliphatic rings. The second-order valence-electron chi connectivity index (χ2n) is 12.3. The summed E-state index contributed by atoms with van der Waals surface area (Å²) in [5.41, 5.74) is 1.89. The Hall–Kier alpha value is 0. The first kappa shape index (κ1) is 23.0. The van der Waals surface area contributed by atoms with Crippen LogP contribution in [0.3, 0.4) is 0 Å². The van der Waals surface area contributed by atoms with Gasteiger partial charge in [0.2, 0.25) is 0 Å². The lowest BCUT2D eigenvalue weighted by atomic mass is 9.64. The van der Waals surface area contributed by atoms with E-state index in [-0.39, 0.29) is 0 Å². The summed E-state index contributed by atoms with van der Waals surface area (Å²) in [6, 6.07) is 0. The summed E-state index contributed by atoms with van der Waals surface area (Å²) < 4.78 is 0. The number of hydrogen-bond acceptors (Lipinski definition) is 0. The van der Waals surface area contributed by atoms with Gasteiger partial charge in [-0.25, -0.2) is 0 Å². The van der Waals surface area contributed by atoms with Crippen LogP contribution in [0, 0.1) is 27.6 Å². The predicted octanol–water partition coefficient (Wildman–Crippen LogP) is 8.50. The lowest BCUT2D eigenvalue weighted by molar-refractivity contribution is 0.107. The molecule has 0 aromatic carbocycles. The minimum Gasteiger partial charge on any atom is -0.0628 e. The molecular formula is C23H48. The zero-order valence-electron chi connectivity index (χ0n) is 18.5. The molecule has 0 aromatic heterocycles. The molecule has 0 atom stereocenters. The Kier molecular flexibility index (Phi) is 8.39. The second-order valence-corrected chi connectivity index (χ2v) is 12.3. The monoisotopic (exact) mass is 324 g/mol. The van der Waals surface area contributed by atoms with Gasteiger partial charge in [0.15, 0.2) is 0 Å². The molecule has 0 heterocycles. The lowest BCUT2D eigenvalue weighted by Gasteiger charge is -2.41. The van der Waals surface area contributed by atoms with E-state index >= 15 is 0 Å². The highest BCUT2D eigenvalue weighted by atomic mass is 14.4. The van der Waals surface area contributed by atoms with Gasteiger partial charge in [0.25, 0.3) is 0 Å². The van der Waals surface area contributed by atoms with Crippen molar-refractivity contribution in [1.82, 2.24) is 0 Å². The van der Waals surface area contributed by atoms with Crippen LogP contribution in [-0.4, -0.2) is 0 Å². The molecule has 0 nitrogen and oxygen atoms in total. The highest BCUT2D eigenvalue weighted by Crippen LogP contribution is 2.47. The van der Waals surface area contributed by atoms with Crippen molar-refractivity contribution in [2.24, 2.45) is 27.6 Å². The third-order valence-electron chi connectivity index (χ3n) is 5.06. The van der Waals surface area contributed by atoms with Crippen molar-refractivity contribution in [1.29, 1.82) is 0 Å². The predicted molar refractivity (Wildman–Crippen MR) is 108 cm³/mol. The molecule has 0 aliphatic carbocycles. The first-order chi connectivity index (χ1) is 10.0. The van der Waals surface area contributed by atoms with Crippen molar-refractivity contribution in [3.63, 3.8) is 0 Å². The van der Waals surface area contributed by atoms with Crippen molar-refractivity contribution in [3.05, 3.63) is 0 Å². The van der Waals surface area contributed by atoms with E-state index < -0.39 is 0 Å². The zero-order valence-corrected chi connectivity index (χ0v) is 18.5. The number of hydrogen-bond donors (Lipinski definition) is 0. The average Bonchev–Trinajstić information content (AvgIpc) is 2.27. The molecule has 0 N–H and O–H groups in total. The molecule has 0 heteroatoms. The maximum absolute atomic E-state index is 2.42. The van der Waals surface area contributed by atoms with Gasteiger partial charge in [-0.1, -0.05) is 76.2 Å². The molecule has 0 rings (SSSR count). The van der Waals surface area contributed by atoms with Crippen molar-refractivity contribution < 1.29 is 0 Å². The summed E-state index contributed by atoms with van der Waals surface area (Å²) >= 11 is 0. The SMILES string of the molecule is CC(C)CC(CCC(C)(C)C)(CCC(C)(C)C)CCC(C)(C)C. The summed E-state index contributed by atoms with van der Waals surface area (Å²) in [6.07, 6.45) is 9.67. The molecule has 0 saturated heterocycles. The molecular weight excluding hydrogens is 276 g/mol. The summed E-state index contributed by atoms with van der Waals surface area (Å²) in [6.45, 7) is 26.5. The van der Waals surface area contributed by atoms with Crippen LogP contribution in [0.15, 0.2) is 0 Å². The Morgan fingerprint density at radius 3 is 0.913 bits per heavy atom. The van der Waals surface area contributed by atoms with Gasteiger partial charge < -0.3 is 0 Å². The van der Waals surface area contributed by atoms with Gasteiger partial charge in [0.05, 0.1) is 0 Å². The summed E-state index contributed by atoms with van der Waals surface area (Å²) in [4.78, 5) is 0. The van der Waals surface area contributed by atoms with E-state index in [1.54, 1.807) is 0 Å². The Morgan fingerprint density at radius 2 is 0.739 bits per heavy atom. The second kappa shape index (κ2) is 8.39.